The first-order chi connectivity index (χ1) is 6.99. The maximum Gasteiger partial charge on any atom is 0.389 e. The van der Waals surface area contributed by atoms with Crippen molar-refractivity contribution in [2.75, 3.05) is 0 Å². The number of rotatable bonds is 4. The molecule has 1 aromatic rings. The fraction of sp³-hybridized carbons (Fsp3) is 0.500. The smallest absolute Gasteiger partial charge is 0.171 e. The van der Waals surface area contributed by atoms with Crippen molar-refractivity contribution < 1.29 is 13.2 Å². The summed E-state index contributed by atoms with van der Waals surface area (Å²) in [4.78, 5) is 0. The fourth-order valence-corrected chi connectivity index (χ4v) is 1.50. The Hall–Kier alpha value is -0.990. The van der Waals surface area contributed by atoms with E-state index in [1.165, 1.54) is 0 Å². The molecule has 0 amide bonds. The van der Waals surface area contributed by atoms with E-state index in [0.29, 0.717) is 6.42 Å². The summed E-state index contributed by atoms with van der Waals surface area (Å²) >= 11 is 0. The topological polar surface area (TPSA) is 0 Å². The van der Waals surface area contributed by atoms with Gasteiger partial charge in [-0.1, -0.05) is 31.2 Å². The Kier molecular flexibility index (Phi) is 4.18. The molecule has 15 heavy (non-hydrogen) atoms. The van der Waals surface area contributed by atoms with Crippen molar-refractivity contribution in [3.8, 4) is 0 Å². The summed E-state index contributed by atoms with van der Waals surface area (Å²) in [5.74, 6) is 0.182. The molecule has 0 aliphatic carbocycles. The molecule has 0 saturated carbocycles. The van der Waals surface area contributed by atoms with Gasteiger partial charge in [0.05, 0.1) is 0 Å². The van der Waals surface area contributed by atoms with Crippen molar-refractivity contribution in [1.82, 2.24) is 0 Å². The van der Waals surface area contributed by atoms with Gasteiger partial charge in [0.2, 0.25) is 0 Å². The summed E-state index contributed by atoms with van der Waals surface area (Å²) < 4.78 is 35.7. The van der Waals surface area contributed by atoms with E-state index in [9.17, 15) is 13.2 Å². The maximum atomic E-state index is 11.9. The van der Waals surface area contributed by atoms with Gasteiger partial charge in [-0.05, 0) is 30.4 Å². The van der Waals surface area contributed by atoms with Gasteiger partial charge in [-0.25, -0.2) is 0 Å². The predicted molar refractivity (Wildman–Crippen MR) is 53.6 cm³/mol. The van der Waals surface area contributed by atoms with Crippen LogP contribution >= 0.6 is 0 Å². The lowest BCUT2D eigenvalue weighted by Crippen LogP contribution is -2.07. The summed E-state index contributed by atoms with van der Waals surface area (Å²) in [6, 6.07) is 10.3. The van der Waals surface area contributed by atoms with Crippen LogP contribution in [0.25, 0.3) is 0 Å². The van der Waals surface area contributed by atoms with E-state index in [-0.39, 0.29) is 12.3 Å². The van der Waals surface area contributed by atoms with Crippen LogP contribution in [-0.4, -0.2) is 6.18 Å². The Bertz CT molecular complexity index is 277. The molecular weight excluding hydrogens is 201 g/mol. The molecule has 1 rings (SSSR count). The Labute approximate surface area is 88.1 Å². The fourth-order valence-electron chi connectivity index (χ4n) is 1.50. The van der Waals surface area contributed by atoms with Gasteiger partial charge in [-0.15, -0.1) is 0 Å². The predicted octanol–water partition coefficient (Wildman–Crippen LogP) is 4.32. The highest BCUT2D eigenvalue weighted by atomic mass is 19.4. The molecule has 0 aliphatic heterocycles. The zero-order chi connectivity index (χ0) is 11.3. The number of hydrogen-bond donors (Lipinski definition) is 0. The lowest BCUT2D eigenvalue weighted by molar-refractivity contribution is -0.135. The third-order valence-electron chi connectivity index (χ3n) is 2.41. The minimum absolute atomic E-state index is 0.182. The average molecular weight is 215 g/mol. The lowest BCUT2D eigenvalue weighted by atomic mass is 9.95. The van der Waals surface area contributed by atoms with Crippen LogP contribution < -0.4 is 0 Å². The summed E-state index contributed by atoms with van der Waals surface area (Å²) in [5.41, 5.74) is 1.08. The Balaban J connectivity index is 2.34. The van der Waals surface area contributed by atoms with Crippen LogP contribution in [0, 0.1) is 6.07 Å². The van der Waals surface area contributed by atoms with Gasteiger partial charge >= 0.3 is 6.18 Å². The average Bonchev–Trinajstić information content (AvgIpc) is 2.17. The number of benzene rings is 1. The second-order valence-corrected chi connectivity index (χ2v) is 3.74. The lowest BCUT2D eigenvalue weighted by Gasteiger charge is -2.12. The van der Waals surface area contributed by atoms with E-state index < -0.39 is 12.6 Å². The van der Waals surface area contributed by atoms with Crippen molar-refractivity contribution in [2.24, 2.45) is 0 Å². The number of hydrogen-bond acceptors (Lipinski definition) is 0. The molecule has 0 aliphatic rings. The Morgan fingerprint density at radius 2 is 1.87 bits per heavy atom. The normalized spacial score (nSPS) is 13.9. The van der Waals surface area contributed by atoms with E-state index in [1.54, 1.807) is 12.1 Å². The second-order valence-electron chi connectivity index (χ2n) is 3.74. The van der Waals surface area contributed by atoms with E-state index in [4.69, 9.17) is 0 Å². The molecule has 1 atom stereocenters. The van der Waals surface area contributed by atoms with E-state index in [1.807, 2.05) is 19.1 Å². The van der Waals surface area contributed by atoms with Crippen molar-refractivity contribution in [3.63, 3.8) is 0 Å². The molecule has 0 N–H and O–H groups in total. The molecule has 0 fully saturated rings. The largest absolute Gasteiger partial charge is 0.389 e. The molecule has 3 heteroatoms. The van der Waals surface area contributed by atoms with Crippen LogP contribution in [0.3, 0.4) is 0 Å². The quantitative estimate of drug-likeness (QED) is 0.701. The van der Waals surface area contributed by atoms with E-state index in [0.717, 1.165) is 5.56 Å². The Morgan fingerprint density at radius 3 is 2.40 bits per heavy atom. The van der Waals surface area contributed by atoms with Gasteiger partial charge < -0.3 is 0 Å². The molecule has 0 heterocycles. The molecular formula is C12H14F3. The van der Waals surface area contributed by atoms with Gasteiger partial charge in [0.25, 0.3) is 0 Å². The SMILES string of the molecule is CC(CCCC(F)(F)F)c1cc[c]cc1. The first-order valence-electron chi connectivity index (χ1n) is 5.02. The summed E-state index contributed by atoms with van der Waals surface area (Å²) in [6.07, 6.45) is -3.94. The van der Waals surface area contributed by atoms with Crippen LogP contribution in [0.2, 0.25) is 0 Å². The standard InChI is InChI=1S/C12H14F3/c1-10(6-5-9-12(13,14)15)11-7-3-2-4-8-11/h3-4,7-8,10H,5-6,9H2,1H3. The molecule has 83 valence electrons. The summed E-state index contributed by atoms with van der Waals surface area (Å²) in [7, 11) is 0. The monoisotopic (exact) mass is 215 g/mol. The van der Waals surface area contributed by atoms with Gasteiger partial charge in [0.15, 0.2) is 0 Å². The Morgan fingerprint density at radius 1 is 1.27 bits per heavy atom. The minimum atomic E-state index is -4.02. The van der Waals surface area contributed by atoms with Gasteiger partial charge in [0.1, 0.15) is 0 Å². The molecule has 1 aromatic carbocycles. The van der Waals surface area contributed by atoms with Crippen LogP contribution in [0.15, 0.2) is 24.3 Å². The molecule has 0 bridgehead atoms. The zero-order valence-electron chi connectivity index (χ0n) is 8.64. The van der Waals surface area contributed by atoms with E-state index >= 15 is 0 Å². The van der Waals surface area contributed by atoms with Crippen molar-refractivity contribution in [2.45, 2.75) is 38.3 Å². The highest BCUT2D eigenvalue weighted by molar-refractivity contribution is 5.17. The van der Waals surface area contributed by atoms with Crippen LogP contribution in [-0.2, 0) is 0 Å². The van der Waals surface area contributed by atoms with Crippen molar-refractivity contribution in [3.05, 3.63) is 35.9 Å². The first-order valence-corrected chi connectivity index (χ1v) is 5.02. The van der Waals surface area contributed by atoms with Crippen LogP contribution in [0.4, 0.5) is 13.2 Å². The molecule has 0 aromatic heterocycles. The number of halogens is 3. The van der Waals surface area contributed by atoms with Crippen molar-refractivity contribution in [1.29, 1.82) is 0 Å². The maximum absolute atomic E-state index is 11.9. The molecule has 1 unspecified atom stereocenters. The summed E-state index contributed by atoms with van der Waals surface area (Å²) in [5, 5.41) is 0. The molecule has 0 spiro atoms. The minimum Gasteiger partial charge on any atom is -0.171 e. The summed E-state index contributed by atoms with van der Waals surface area (Å²) in [6.45, 7) is 1.95. The molecule has 1 radical (unpaired) electrons. The second kappa shape index (κ2) is 5.19. The van der Waals surface area contributed by atoms with Gasteiger partial charge in [-0.3, -0.25) is 0 Å². The van der Waals surface area contributed by atoms with Crippen molar-refractivity contribution >= 4 is 0 Å². The van der Waals surface area contributed by atoms with Crippen LogP contribution in [0.1, 0.15) is 37.7 Å². The molecule has 0 nitrogen and oxygen atoms in total. The van der Waals surface area contributed by atoms with Crippen LogP contribution in [0.5, 0.6) is 0 Å². The van der Waals surface area contributed by atoms with E-state index in [2.05, 4.69) is 6.07 Å². The van der Waals surface area contributed by atoms with Gasteiger partial charge in [-0.2, -0.15) is 13.2 Å². The highest BCUT2D eigenvalue weighted by Crippen LogP contribution is 2.26. The number of alkyl halides is 3. The highest BCUT2D eigenvalue weighted by Gasteiger charge is 2.26. The van der Waals surface area contributed by atoms with Gasteiger partial charge in [0, 0.05) is 6.42 Å². The first kappa shape index (κ1) is 12.1. The third kappa shape index (κ3) is 4.86. The molecule has 0 saturated heterocycles. The zero-order valence-corrected chi connectivity index (χ0v) is 8.64. The third-order valence-corrected chi connectivity index (χ3v) is 2.41.